The summed E-state index contributed by atoms with van der Waals surface area (Å²) in [6, 6.07) is 8.73. The van der Waals surface area contributed by atoms with Crippen LogP contribution >= 0.6 is 0 Å². The summed E-state index contributed by atoms with van der Waals surface area (Å²) in [5.41, 5.74) is 2.64. The molecule has 0 saturated carbocycles. The lowest BCUT2D eigenvalue weighted by Crippen LogP contribution is -2.34. The van der Waals surface area contributed by atoms with Crippen molar-refractivity contribution >= 4 is 5.91 Å². The van der Waals surface area contributed by atoms with E-state index >= 15 is 0 Å². The second-order valence-corrected chi connectivity index (χ2v) is 5.69. The first-order valence-corrected chi connectivity index (χ1v) is 7.01. The van der Waals surface area contributed by atoms with Crippen LogP contribution in [0.5, 0.6) is 0 Å². The number of piperidine rings is 1. The molecular formula is C16H23NO. The van der Waals surface area contributed by atoms with Crippen LogP contribution in [0.2, 0.25) is 0 Å². The number of benzene rings is 1. The molecule has 2 heteroatoms. The highest BCUT2D eigenvalue weighted by molar-refractivity contribution is 5.76. The molecule has 18 heavy (non-hydrogen) atoms. The normalized spacial score (nSPS) is 16.4. The minimum atomic E-state index is 0.313. The Hall–Kier alpha value is -1.31. The molecule has 0 aromatic heterocycles. The average molecular weight is 245 g/mol. The van der Waals surface area contributed by atoms with Gasteiger partial charge in [0.2, 0.25) is 5.91 Å². The van der Waals surface area contributed by atoms with E-state index in [1.54, 1.807) is 0 Å². The number of nitrogens with zero attached hydrogens (tertiary/aromatic N) is 1. The van der Waals surface area contributed by atoms with Crippen LogP contribution in [0.3, 0.4) is 0 Å². The third-order valence-electron chi connectivity index (χ3n) is 3.46. The summed E-state index contributed by atoms with van der Waals surface area (Å²) in [4.78, 5) is 13.7. The quantitative estimate of drug-likeness (QED) is 0.796. The lowest BCUT2D eigenvalue weighted by atomic mass is 10.0. The molecule has 0 radical (unpaired) electrons. The minimum Gasteiger partial charge on any atom is -0.338 e. The lowest BCUT2D eigenvalue weighted by molar-refractivity contribution is -0.133. The molecule has 0 unspecified atom stereocenters. The van der Waals surface area contributed by atoms with Crippen LogP contribution in [-0.4, -0.2) is 17.4 Å². The Bertz CT molecular complexity index is 394. The second kappa shape index (κ2) is 6.03. The van der Waals surface area contributed by atoms with Gasteiger partial charge in [0.1, 0.15) is 0 Å². The zero-order valence-electron chi connectivity index (χ0n) is 11.5. The number of rotatable bonds is 4. The number of carbonyl (C=O) groups excluding carboxylic acids is 1. The van der Waals surface area contributed by atoms with Crippen molar-refractivity contribution in [1.82, 2.24) is 4.90 Å². The van der Waals surface area contributed by atoms with Gasteiger partial charge in [-0.1, -0.05) is 38.1 Å². The van der Waals surface area contributed by atoms with Crippen LogP contribution in [0.15, 0.2) is 24.3 Å². The van der Waals surface area contributed by atoms with Gasteiger partial charge in [0.25, 0.3) is 0 Å². The van der Waals surface area contributed by atoms with Crippen molar-refractivity contribution in [1.29, 1.82) is 0 Å². The van der Waals surface area contributed by atoms with Crippen LogP contribution < -0.4 is 0 Å². The summed E-state index contributed by atoms with van der Waals surface area (Å²) >= 11 is 0. The second-order valence-electron chi connectivity index (χ2n) is 5.69. The van der Waals surface area contributed by atoms with Crippen LogP contribution in [0.25, 0.3) is 0 Å². The first kappa shape index (κ1) is 13.1. The zero-order chi connectivity index (χ0) is 13.0. The van der Waals surface area contributed by atoms with E-state index in [2.05, 4.69) is 38.1 Å². The third kappa shape index (κ3) is 3.59. The van der Waals surface area contributed by atoms with E-state index in [1.165, 1.54) is 11.1 Å². The molecule has 98 valence electrons. The largest absolute Gasteiger partial charge is 0.338 e. The fraction of sp³-hybridized carbons (Fsp3) is 0.562. The number of hydrogen-bond donors (Lipinski definition) is 0. The topological polar surface area (TPSA) is 20.3 Å². The van der Waals surface area contributed by atoms with Gasteiger partial charge in [-0.05, 0) is 36.3 Å². The maximum atomic E-state index is 11.7. The number of likely N-dealkylation sites (tertiary alicyclic amines) is 1. The van der Waals surface area contributed by atoms with E-state index < -0.39 is 0 Å². The summed E-state index contributed by atoms with van der Waals surface area (Å²) in [5, 5.41) is 0. The van der Waals surface area contributed by atoms with Crippen molar-refractivity contribution in [2.75, 3.05) is 6.54 Å². The Labute approximate surface area is 110 Å². The highest BCUT2D eigenvalue weighted by Gasteiger charge is 2.17. The van der Waals surface area contributed by atoms with Gasteiger partial charge < -0.3 is 4.90 Å². The molecule has 0 spiro atoms. The number of carbonyl (C=O) groups is 1. The van der Waals surface area contributed by atoms with Crippen LogP contribution in [-0.2, 0) is 17.8 Å². The third-order valence-corrected chi connectivity index (χ3v) is 3.46. The first-order chi connectivity index (χ1) is 8.65. The first-order valence-electron chi connectivity index (χ1n) is 7.01. The van der Waals surface area contributed by atoms with Crippen molar-refractivity contribution in [2.45, 2.75) is 46.1 Å². The van der Waals surface area contributed by atoms with Gasteiger partial charge in [-0.2, -0.15) is 0 Å². The standard InChI is InChI=1S/C16H23NO/c1-13(2)11-14-6-8-15(9-7-14)12-17-10-4-3-5-16(17)18/h6-9,13H,3-5,10-12H2,1-2H3. The fourth-order valence-electron chi connectivity index (χ4n) is 2.50. The molecule has 1 saturated heterocycles. The van der Waals surface area contributed by atoms with E-state index in [-0.39, 0.29) is 0 Å². The highest BCUT2D eigenvalue weighted by Crippen LogP contribution is 2.15. The molecule has 0 N–H and O–H groups in total. The molecule has 0 bridgehead atoms. The highest BCUT2D eigenvalue weighted by atomic mass is 16.2. The van der Waals surface area contributed by atoms with E-state index in [4.69, 9.17) is 0 Å². The molecule has 1 fully saturated rings. The van der Waals surface area contributed by atoms with Gasteiger partial charge in [-0.15, -0.1) is 0 Å². The summed E-state index contributed by atoms with van der Waals surface area (Å²) in [6.45, 7) is 6.17. The maximum Gasteiger partial charge on any atom is 0.222 e. The summed E-state index contributed by atoms with van der Waals surface area (Å²) in [5.74, 6) is 1.01. The summed E-state index contributed by atoms with van der Waals surface area (Å²) < 4.78 is 0. The van der Waals surface area contributed by atoms with Crippen molar-refractivity contribution in [3.63, 3.8) is 0 Å². The fourth-order valence-corrected chi connectivity index (χ4v) is 2.50. The maximum absolute atomic E-state index is 11.7. The molecule has 1 aliphatic rings. The molecule has 1 aromatic carbocycles. The molecular weight excluding hydrogens is 222 g/mol. The van der Waals surface area contributed by atoms with Gasteiger partial charge >= 0.3 is 0 Å². The van der Waals surface area contributed by atoms with E-state index in [0.717, 1.165) is 38.8 Å². The van der Waals surface area contributed by atoms with Gasteiger partial charge in [0.05, 0.1) is 0 Å². The average Bonchev–Trinajstić information content (AvgIpc) is 2.34. The molecule has 1 amide bonds. The van der Waals surface area contributed by atoms with Crippen LogP contribution in [0.1, 0.15) is 44.2 Å². The van der Waals surface area contributed by atoms with Gasteiger partial charge in [-0.3, -0.25) is 4.79 Å². The summed E-state index contributed by atoms with van der Waals surface area (Å²) in [7, 11) is 0. The van der Waals surface area contributed by atoms with Crippen molar-refractivity contribution < 1.29 is 4.79 Å². The van der Waals surface area contributed by atoms with Gasteiger partial charge in [0.15, 0.2) is 0 Å². The molecule has 2 rings (SSSR count). The molecule has 1 aromatic rings. The minimum absolute atomic E-state index is 0.313. The Morgan fingerprint density at radius 1 is 1.11 bits per heavy atom. The zero-order valence-corrected chi connectivity index (χ0v) is 11.5. The summed E-state index contributed by atoms with van der Waals surface area (Å²) in [6.07, 6.45) is 4.06. The molecule has 0 atom stereocenters. The van der Waals surface area contributed by atoms with Crippen molar-refractivity contribution in [3.8, 4) is 0 Å². The predicted octanol–water partition coefficient (Wildman–Crippen LogP) is 3.40. The molecule has 1 heterocycles. The molecule has 0 aliphatic carbocycles. The van der Waals surface area contributed by atoms with Gasteiger partial charge in [-0.25, -0.2) is 0 Å². The Morgan fingerprint density at radius 2 is 1.78 bits per heavy atom. The monoisotopic (exact) mass is 245 g/mol. The Kier molecular flexibility index (Phi) is 4.40. The number of hydrogen-bond acceptors (Lipinski definition) is 1. The van der Waals surface area contributed by atoms with E-state index in [9.17, 15) is 4.79 Å². The van der Waals surface area contributed by atoms with E-state index in [1.807, 2.05) is 4.90 Å². The molecule has 1 aliphatic heterocycles. The van der Waals surface area contributed by atoms with Crippen molar-refractivity contribution in [2.24, 2.45) is 5.92 Å². The molecule has 2 nitrogen and oxygen atoms in total. The van der Waals surface area contributed by atoms with Crippen LogP contribution in [0.4, 0.5) is 0 Å². The Balaban J connectivity index is 1.95. The number of amides is 1. The SMILES string of the molecule is CC(C)Cc1ccc(CN2CCCCC2=O)cc1. The lowest BCUT2D eigenvalue weighted by Gasteiger charge is -2.26. The smallest absolute Gasteiger partial charge is 0.222 e. The van der Waals surface area contributed by atoms with E-state index in [0.29, 0.717) is 11.8 Å². The predicted molar refractivity (Wildman–Crippen MR) is 74.3 cm³/mol. The van der Waals surface area contributed by atoms with Crippen LogP contribution in [0, 0.1) is 5.92 Å². The van der Waals surface area contributed by atoms with Gasteiger partial charge in [0, 0.05) is 19.5 Å². The Morgan fingerprint density at radius 3 is 2.39 bits per heavy atom. The van der Waals surface area contributed by atoms with Crippen molar-refractivity contribution in [3.05, 3.63) is 35.4 Å².